The van der Waals surface area contributed by atoms with Gasteiger partial charge in [0.1, 0.15) is 11.4 Å². The maximum atomic E-state index is 12.4. The molecule has 0 aromatic rings. The minimum atomic E-state index is -2.64. The number of Topliss-reactive ketones (excluding diaryl/α,β-unsaturated/α-hetero) is 1. The zero-order valence-corrected chi connectivity index (χ0v) is 13.7. The van der Waals surface area contributed by atoms with Crippen molar-refractivity contribution in [3.63, 3.8) is 0 Å². The predicted molar refractivity (Wildman–Crippen MR) is 81.5 cm³/mol. The molecule has 0 radical (unpaired) electrons. The zero-order chi connectivity index (χ0) is 16.1. The van der Waals surface area contributed by atoms with Gasteiger partial charge in [-0.1, -0.05) is 0 Å². The fourth-order valence-electron chi connectivity index (χ4n) is 2.28. The van der Waals surface area contributed by atoms with Crippen LogP contribution < -0.4 is 0 Å². The third-order valence-electron chi connectivity index (χ3n) is 3.49. The van der Waals surface area contributed by atoms with Crippen molar-refractivity contribution < 1.29 is 19.0 Å². The minimum Gasteiger partial charge on any atom is -0.365 e. The molecule has 7 nitrogen and oxygen atoms in total. The fourth-order valence-corrected chi connectivity index (χ4v) is 2.28. The van der Waals surface area contributed by atoms with Crippen molar-refractivity contribution >= 4 is 18.9 Å². The van der Waals surface area contributed by atoms with E-state index in [1.54, 1.807) is 0 Å². The zero-order valence-electron chi connectivity index (χ0n) is 12.8. The van der Waals surface area contributed by atoms with E-state index in [0.29, 0.717) is 17.1 Å². The van der Waals surface area contributed by atoms with Gasteiger partial charge in [0.15, 0.2) is 7.37 Å². The first-order chi connectivity index (χ1) is 10.3. The van der Waals surface area contributed by atoms with Crippen LogP contribution in [0.15, 0.2) is 23.2 Å². The Morgan fingerprint density at radius 2 is 1.32 bits per heavy atom. The van der Waals surface area contributed by atoms with E-state index in [1.165, 1.54) is 19.4 Å². The lowest BCUT2D eigenvalue weighted by Gasteiger charge is -2.21. The Balaban J connectivity index is 0.000000254. The SMILES string of the molecule is CP(C)(=O)O.O=C1C=C(N2CC2)C(=O)C(N2CC2)=C1N1CC1. The highest BCUT2D eigenvalue weighted by Gasteiger charge is 2.43. The monoisotopic (exact) mass is 325 g/mol. The van der Waals surface area contributed by atoms with Gasteiger partial charge in [0, 0.05) is 58.7 Å². The Morgan fingerprint density at radius 1 is 0.909 bits per heavy atom. The molecular weight excluding hydrogens is 305 g/mol. The number of allylic oxidation sites excluding steroid dienone is 1. The molecule has 1 aliphatic carbocycles. The van der Waals surface area contributed by atoms with Gasteiger partial charge >= 0.3 is 0 Å². The quantitative estimate of drug-likeness (QED) is 0.433. The van der Waals surface area contributed by atoms with Crippen LogP contribution in [-0.2, 0) is 14.2 Å². The highest BCUT2D eigenvalue weighted by atomic mass is 31.2. The van der Waals surface area contributed by atoms with Crippen LogP contribution in [0, 0.1) is 0 Å². The molecule has 8 heteroatoms. The van der Waals surface area contributed by atoms with Crippen molar-refractivity contribution in [2.24, 2.45) is 0 Å². The van der Waals surface area contributed by atoms with E-state index in [-0.39, 0.29) is 11.6 Å². The first kappa shape index (κ1) is 15.3. The number of rotatable bonds is 3. The second-order valence-electron chi connectivity index (χ2n) is 6.18. The Kier molecular flexibility index (Phi) is 3.65. The average Bonchev–Trinajstić information content (AvgIpc) is 3.24. The van der Waals surface area contributed by atoms with Gasteiger partial charge in [0.25, 0.3) is 0 Å². The van der Waals surface area contributed by atoms with Crippen LogP contribution in [0.4, 0.5) is 0 Å². The molecule has 120 valence electrons. The van der Waals surface area contributed by atoms with E-state index in [4.69, 9.17) is 4.89 Å². The van der Waals surface area contributed by atoms with Gasteiger partial charge in [-0.2, -0.15) is 0 Å². The van der Waals surface area contributed by atoms with Crippen molar-refractivity contribution in [3.8, 4) is 0 Å². The lowest BCUT2D eigenvalue weighted by atomic mass is 10.0. The second kappa shape index (κ2) is 5.25. The fraction of sp³-hybridized carbons (Fsp3) is 0.571. The largest absolute Gasteiger partial charge is 0.365 e. The van der Waals surface area contributed by atoms with Gasteiger partial charge in [-0.25, -0.2) is 0 Å². The molecule has 4 aliphatic rings. The molecule has 3 saturated heterocycles. The number of carbonyl (C=O) groups excluding carboxylic acids is 2. The standard InChI is InChI=1S/C12H13N3O2.C2H7O2P/c16-9-7-8(13-1-2-13)12(17)11(15-5-6-15)10(9)14-3-4-14;1-5(2,3)4/h7H,1-6H2;1-2H3,(H,3,4). The Morgan fingerprint density at radius 3 is 1.73 bits per heavy atom. The van der Waals surface area contributed by atoms with Gasteiger partial charge in [-0.15, -0.1) is 0 Å². The molecule has 0 aromatic carbocycles. The summed E-state index contributed by atoms with van der Waals surface area (Å²) in [5.41, 5.74) is 1.89. The van der Waals surface area contributed by atoms with Crippen LogP contribution >= 0.6 is 7.37 Å². The first-order valence-electron chi connectivity index (χ1n) is 7.33. The first-order valence-corrected chi connectivity index (χ1v) is 9.88. The highest BCUT2D eigenvalue weighted by Crippen LogP contribution is 2.33. The molecule has 0 amide bonds. The van der Waals surface area contributed by atoms with Gasteiger partial charge in [0.2, 0.25) is 11.6 Å². The van der Waals surface area contributed by atoms with Crippen molar-refractivity contribution in [1.82, 2.24) is 14.7 Å². The summed E-state index contributed by atoms with van der Waals surface area (Å²) in [5.74, 6) is 0.0485. The maximum absolute atomic E-state index is 12.4. The summed E-state index contributed by atoms with van der Waals surface area (Å²) in [6.07, 6.45) is 1.52. The molecule has 0 bridgehead atoms. The summed E-state index contributed by atoms with van der Waals surface area (Å²) in [5, 5.41) is 0. The molecular formula is C14H20N3O4P. The van der Waals surface area contributed by atoms with E-state index in [2.05, 4.69) is 0 Å². The average molecular weight is 325 g/mol. The third-order valence-corrected chi connectivity index (χ3v) is 3.49. The smallest absolute Gasteiger partial charge is 0.227 e. The summed E-state index contributed by atoms with van der Waals surface area (Å²) in [4.78, 5) is 38.5. The molecule has 22 heavy (non-hydrogen) atoms. The van der Waals surface area contributed by atoms with Crippen LogP contribution in [0.1, 0.15) is 0 Å². The number of hydrogen-bond donors (Lipinski definition) is 1. The van der Waals surface area contributed by atoms with Crippen LogP contribution in [-0.4, -0.2) is 83.8 Å². The van der Waals surface area contributed by atoms with Crippen molar-refractivity contribution in [1.29, 1.82) is 0 Å². The maximum Gasteiger partial charge on any atom is 0.227 e. The normalized spacial score (nSPS) is 23.2. The summed E-state index contributed by atoms with van der Waals surface area (Å²) in [6, 6.07) is 0. The van der Waals surface area contributed by atoms with Gasteiger partial charge in [0.05, 0.1) is 5.70 Å². The molecule has 0 spiro atoms. The van der Waals surface area contributed by atoms with Crippen molar-refractivity contribution in [2.45, 2.75) is 0 Å². The van der Waals surface area contributed by atoms with Crippen molar-refractivity contribution in [3.05, 3.63) is 23.2 Å². The lowest BCUT2D eigenvalue weighted by Crippen LogP contribution is -2.29. The molecule has 3 fully saturated rings. The predicted octanol–water partition coefficient (Wildman–Crippen LogP) is -0.303. The number of carbonyl (C=O) groups is 2. The number of ketones is 2. The van der Waals surface area contributed by atoms with E-state index >= 15 is 0 Å². The molecule has 4 rings (SSSR count). The van der Waals surface area contributed by atoms with E-state index in [1.807, 2.05) is 14.7 Å². The van der Waals surface area contributed by atoms with Crippen LogP contribution in [0.5, 0.6) is 0 Å². The third kappa shape index (κ3) is 3.59. The molecule has 3 aliphatic heterocycles. The summed E-state index contributed by atoms with van der Waals surface area (Å²) >= 11 is 0. The van der Waals surface area contributed by atoms with Gasteiger partial charge < -0.3 is 19.6 Å². The van der Waals surface area contributed by atoms with Gasteiger partial charge in [-0.05, 0) is 0 Å². The Hall–Kier alpha value is -1.59. The topological polar surface area (TPSA) is 80.5 Å². The molecule has 0 unspecified atom stereocenters. The summed E-state index contributed by atoms with van der Waals surface area (Å²) in [7, 11) is -2.64. The molecule has 0 saturated carbocycles. The summed E-state index contributed by atoms with van der Waals surface area (Å²) < 4.78 is 9.77. The minimum absolute atomic E-state index is 0.00546. The van der Waals surface area contributed by atoms with E-state index in [9.17, 15) is 14.2 Å². The van der Waals surface area contributed by atoms with Gasteiger partial charge in [-0.3, -0.25) is 14.2 Å². The molecule has 1 N–H and O–H groups in total. The lowest BCUT2D eigenvalue weighted by molar-refractivity contribution is -0.117. The van der Waals surface area contributed by atoms with Crippen LogP contribution in [0.3, 0.4) is 0 Å². The number of hydrogen-bond acceptors (Lipinski definition) is 6. The van der Waals surface area contributed by atoms with Crippen LogP contribution in [0.2, 0.25) is 0 Å². The van der Waals surface area contributed by atoms with E-state index < -0.39 is 7.37 Å². The Labute approximate surface area is 129 Å². The molecule has 3 heterocycles. The highest BCUT2D eigenvalue weighted by molar-refractivity contribution is 7.56. The molecule has 0 aromatic heterocycles. The van der Waals surface area contributed by atoms with Crippen LogP contribution in [0.25, 0.3) is 0 Å². The summed E-state index contributed by atoms with van der Waals surface area (Å²) in [6.45, 7) is 8.00. The second-order valence-corrected chi connectivity index (χ2v) is 8.76. The van der Waals surface area contributed by atoms with E-state index in [0.717, 1.165) is 39.3 Å². The number of nitrogens with zero attached hydrogens (tertiary/aromatic N) is 3. The van der Waals surface area contributed by atoms with Crippen molar-refractivity contribution in [2.75, 3.05) is 52.6 Å². The molecule has 0 atom stereocenters. The Bertz CT molecular complexity index is 628.